The molecule has 144 valence electrons. The number of alkyl halides is 3. The molecule has 0 aromatic carbocycles. The van der Waals surface area contributed by atoms with Gasteiger partial charge in [-0.2, -0.15) is 18.2 Å². The standard InChI is InChI=1S/C17H24F3N5O/c18-17(19,20)13-10-15(23-16(22-13)24-7-1-2-8-24)25-9-3-4-12(11-25)5-6-14(21)26/h10,12H,1-9,11H2,(H2,21,26). The average Bonchev–Trinajstić information content (AvgIpc) is 3.14. The number of primary amides is 1. The Morgan fingerprint density at radius 1 is 1.15 bits per heavy atom. The van der Waals surface area contributed by atoms with E-state index in [2.05, 4.69) is 9.97 Å². The first kappa shape index (κ1) is 18.7. The molecule has 0 saturated carbocycles. The van der Waals surface area contributed by atoms with Crippen LogP contribution in [0.4, 0.5) is 24.9 Å². The zero-order chi connectivity index (χ0) is 18.7. The lowest BCUT2D eigenvalue weighted by Gasteiger charge is -2.34. The van der Waals surface area contributed by atoms with E-state index >= 15 is 0 Å². The molecule has 3 rings (SSSR count). The minimum Gasteiger partial charge on any atom is -0.370 e. The second-order valence-electron chi connectivity index (χ2n) is 7.06. The van der Waals surface area contributed by atoms with Crippen molar-refractivity contribution in [3.05, 3.63) is 11.8 Å². The molecule has 0 bridgehead atoms. The summed E-state index contributed by atoms with van der Waals surface area (Å²) < 4.78 is 39.9. The van der Waals surface area contributed by atoms with Crippen LogP contribution in [-0.4, -0.2) is 42.1 Å². The van der Waals surface area contributed by atoms with Gasteiger partial charge in [-0.25, -0.2) is 4.98 Å². The van der Waals surface area contributed by atoms with E-state index in [4.69, 9.17) is 5.73 Å². The number of nitrogens with zero attached hydrogens (tertiary/aromatic N) is 4. The summed E-state index contributed by atoms with van der Waals surface area (Å²) in [6.07, 6.45) is 0.125. The number of amides is 1. The molecule has 2 aliphatic rings. The van der Waals surface area contributed by atoms with Crippen molar-refractivity contribution in [3.63, 3.8) is 0 Å². The van der Waals surface area contributed by atoms with Crippen LogP contribution in [0.3, 0.4) is 0 Å². The van der Waals surface area contributed by atoms with Crippen molar-refractivity contribution in [1.29, 1.82) is 0 Å². The molecule has 1 amide bonds. The molecule has 2 N–H and O–H groups in total. The summed E-state index contributed by atoms with van der Waals surface area (Å²) in [5.41, 5.74) is 4.31. The van der Waals surface area contributed by atoms with E-state index in [0.717, 1.165) is 31.7 Å². The molecule has 1 aromatic rings. The van der Waals surface area contributed by atoms with Crippen LogP contribution in [0.1, 0.15) is 44.2 Å². The molecule has 2 fully saturated rings. The summed E-state index contributed by atoms with van der Waals surface area (Å²) in [4.78, 5) is 22.9. The number of aromatic nitrogens is 2. The zero-order valence-corrected chi connectivity index (χ0v) is 14.6. The van der Waals surface area contributed by atoms with E-state index in [1.165, 1.54) is 0 Å². The van der Waals surface area contributed by atoms with Gasteiger partial charge in [0.1, 0.15) is 5.82 Å². The fourth-order valence-corrected chi connectivity index (χ4v) is 3.64. The van der Waals surface area contributed by atoms with Crippen LogP contribution in [0.25, 0.3) is 0 Å². The van der Waals surface area contributed by atoms with Crippen molar-refractivity contribution < 1.29 is 18.0 Å². The van der Waals surface area contributed by atoms with Crippen molar-refractivity contribution in [2.24, 2.45) is 11.7 Å². The van der Waals surface area contributed by atoms with Gasteiger partial charge in [-0.15, -0.1) is 0 Å². The Balaban J connectivity index is 1.83. The van der Waals surface area contributed by atoms with Crippen molar-refractivity contribution >= 4 is 17.7 Å². The first-order chi connectivity index (χ1) is 12.3. The molecule has 2 aliphatic heterocycles. The summed E-state index contributed by atoms with van der Waals surface area (Å²) in [5.74, 6) is 0.361. The van der Waals surface area contributed by atoms with E-state index in [9.17, 15) is 18.0 Å². The number of rotatable bonds is 5. The highest BCUT2D eigenvalue weighted by atomic mass is 19.4. The summed E-state index contributed by atoms with van der Waals surface area (Å²) in [6.45, 7) is 2.60. The van der Waals surface area contributed by atoms with E-state index < -0.39 is 11.9 Å². The molecule has 0 aliphatic carbocycles. The number of hydrogen-bond acceptors (Lipinski definition) is 5. The lowest BCUT2D eigenvalue weighted by molar-refractivity contribution is -0.141. The normalized spacial score (nSPS) is 21.3. The molecule has 1 atom stereocenters. The highest BCUT2D eigenvalue weighted by Crippen LogP contribution is 2.33. The zero-order valence-electron chi connectivity index (χ0n) is 14.6. The van der Waals surface area contributed by atoms with Crippen LogP contribution in [0.15, 0.2) is 6.07 Å². The van der Waals surface area contributed by atoms with Gasteiger partial charge in [-0.05, 0) is 38.0 Å². The van der Waals surface area contributed by atoms with Gasteiger partial charge in [0.15, 0.2) is 5.69 Å². The number of halogens is 3. The summed E-state index contributed by atoms with van der Waals surface area (Å²) >= 11 is 0. The maximum atomic E-state index is 13.3. The second-order valence-corrected chi connectivity index (χ2v) is 7.06. The molecule has 26 heavy (non-hydrogen) atoms. The maximum absolute atomic E-state index is 13.3. The maximum Gasteiger partial charge on any atom is 0.433 e. The lowest BCUT2D eigenvalue weighted by Crippen LogP contribution is -2.37. The quantitative estimate of drug-likeness (QED) is 0.861. The van der Waals surface area contributed by atoms with E-state index in [0.29, 0.717) is 44.8 Å². The van der Waals surface area contributed by atoms with Gasteiger partial charge in [-0.1, -0.05) is 0 Å². The Kier molecular flexibility index (Phi) is 5.52. The largest absolute Gasteiger partial charge is 0.433 e. The Morgan fingerprint density at radius 2 is 1.85 bits per heavy atom. The number of nitrogens with two attached hydrogens (primary N) is 1. The summed E-state index contributed by atoms with van der Waals surface area (Å²) in [5, 5.41) is 0. The molecular formula is C17H24F3N5O. The number of carbonyl (C=O) groups is 1. The molecule has 0 radical (unpaired) electrons. The molecule has 1 unspecified atom stereocenters. The Morgan fingerprint density at radius 3 is 2.50 bits per heavy atom. The third kappa shape index (κ3) is 4.56. The van der Waals surface area contributed by atoms with Crippen molar-refractivity contribution in [2.75, 3.05) is 36.0 Å². The van der Waals surface area contributed by atoms with Crippen LogP contribution in [0.2, 0.25) is 0 Å². The fraction of sp³-hybridized carbons (Fsp3) is 0.706. The van der Waals surface area contributed by atoms with E-state index in [1.54, 1.807) is 0 Å². The van der Waals surface area contributed by atoms with E-state index in [1.807, 2.05) is 9.80 Å². The van der Waals surface area contributed by atoms with Crippen LogP contribution in [0, 0.1) is 5.92 Å². The third-order valence-corrected chi connectivity index (χ3v) is 5.02. The smallest absolute Gasteiger partial charge is 0.370 e. The van der Waals surface area contributed by atoms with Gasteiger partial charge in [0, 0.05) is 38.7 Å². The molecule has 9 heteroatoms. The third-order valence-electron chi connectivity index (χ3n) is 5.02. The van der Waals surface area contributed by atoms with Crippen molar-refractivity contribution in [2.45, 2.75) is 44.7 Å². The Hall–Kier alpha value is -2.06. The van der Waals surface area contributed by atoms with Gasteiger partial charge < -0.3 is 15.5 Å². The first-order valence-electron chi connectivity index (χ1n) is 9.07. The predicted molar refractivity (Wildman–Crippen MR) is 91.8 cm³/mol. The summed E-state index contributed by atoms with van der Waals surface area (Å²) in [6, 6.07) is 1.04. The van der Waals surface area contributed by atoms with Gasteiger partial charge in [0.25, 0.3) is 0 Å². The van der Waals surface area contributed by atoms with Gasteiger partial charge >= 0.3 is 6.18 Å². The van der Waals surface area contributed by atoms with Crippen LogP contribution < -0.4 is 15.5 Å². The molecule has 6 nitrogen and oxygen atoms in total. The Labute approximate surface area is 150 Å². The molecule has 0 spiro atoms. The lowest BCUT2D eigenvalue weighted by atomic mass is 9.93. The number of hydrogen-bond donors (Lipinski definition) is 1. The number of carbonyl (C=O) groups excluding carboxylic acids is 1. The molecule has 1 aromatic heterocycles. The SMILES string of the molecule is NC(=O)CCC1CCCN(c2cc(C(F)(F)F)nc(N3CCCC3)n2)C1. The minimum absolute atomic E-state index is 0.159. The monoisotopic (exact) mass is 371 g/mol. The molecule has 3 heterocycles. The number of anilines is 2. The summed E-state index contributed by atoms with van der Waals surface area (Å²) in [7, 11) is 0. The molecule has 2 saturated heterocycles. The van der Waals surface area contributed by atoms with Gasteiger partial charge in [0.2, 0.25) is 11.9 Å². The van der Waals surface area contributed by atoms with Crippen LogP contribution in [0.5, 0.6) is 0 Å². The molecular weight excluding hydrogens is 347 g/mol. The topological polar surface area (TPSA) is 75.4 Å². The Bertz CT molecular complexity index is 646. The van der Waals surface area contributed by atoms with Crippen molar-refractivity contribution in [1.82, 2.24) is 9.97 Å². The van der Waals surface area contributed by atoms with Crippen LogP contribution in [-0.2, 0) is 11.0 Å². The van der Waals surface area contributed by atoms with E-state index in [-0.39, 0.29) is 17.8 Å². The van der Waals surface area contributed by atoms with Crippen molar-refractivity contribution in [3.8, 4) is 0 Å². The van der Waals surface area contributed by atoms with Gasteiger partial charge in [-0.3, -0.25) is 4.79 Å². The fourth-order valence-electron chi connectivity index (χ4n) is 3.64. The number of piperidine rings is 1. The first-order valence-corrected chi connectivity index (χ1v) is 9.07. The highest BCUT2D eigenvalue weighted by Gasteiger charge is 2.35. The van der Waals surface area contributed by atoms with Gasteiger partial charge in [0.05, 0.1) is 0 Å². The second kappa shape index (κ2) is 7.67. The average molecular weight is 371 g/mol. The van der Waals surface area contributed by atoms with Crippen LogP contribution >= 0.6 is 0 Å². The minimum atomic E-state index is -4.51. The highest BCUT2D eigenvalue weighted by molar-refractivity contribution is 5.73. The predicted octanol–water partition coefficient (Wildman–Crippen LogP) is 2.58.